The van der Waals surface area contributed by atoms with E-state index < -0.39 is 5.60 Å². The molecule has 1 aliphatic heterocycles. The highest BCUT2D eigenvalue weighted by Gasteiger charge is 2.31. The second-order valence-corrected chi connectivity index (χ2v) is 11.0. The molecule has 0 bridgehead atoms. The maximum Gasteiger partial charge on any atom is 0.410 e. The third-order valence-corrected chi connectivity index (χ3v) is 5.60. The van der Waals surface area contributed by atoms with Crippen molar-refractivity contribution in [3.63, 3.8) is 0 Å². The van der Waals surface area contributed by atoms with Crippen molar-refractivity contribution in [3.05, 3.63) is 0 Å². The van der Waals surface area contributed by atoms with Gasteiger partial charge in [-0.3, -0.25) is 4.31 Å². The lowest BCUT2D eigenvalue weighted by molar-refractivity contribution is 0.00932. The molecule has 1 rings (SSSR count). The van der Waals surface area contributed by atoms with E-state index in [1.807, 2.05) is 25.7 Å². The molecule has 1 aliphatic rings. The summed E-state index contributed by atoms with van der Waals surface area (Å²) in [5.74, 6) is 0. The quantitative estimate of drug-likeness (QED) is 0.566. The molecule has 17 heavy (non-hydrogen) atoms. The van der Waals surface area contributed by atoms with Crippen molar-refractivity contribution >= 4 is 35.6 Å². The molecule has 0 aromatic heterocycles. The number of amides is 1. The van der Waals surface area contributed by atoms with Gasteiger partial charge >= 0.3 is 6.09 Å². The van der Waals surface area contributed by atoms with Gasteiger partial charge in [0.25, 0.3) is 0 Å². The van der Waals surface area contributed by atoms with Crippen LogP contribution in [-0.4, -0.2) is 52.8 Å². The molecule has 0 aliphatic carbocycles. The second kappa shape index (κ2) is 5.97. The van der Waals surface area contributed by atoms with Crippen LogP contribution in [0, 0.1) is 0 Å². The second-order valence-electron chi connectivity index (χ2n) is 5.38. The molecular formula is C11H23IN2O2S. The Morgan fingerprint density at radius 2 is 2.00 bits per heavy atom. The van der Waals surface area contributed by atoms with Crippen LogP contribution in [0.4, 0.5) is 4.79 Å². The number of thiol groups is 1. The normalized spacial score (nSPS) is 25.6. The van der Waals surface area contributed by atoms with Gasteiger partial charge in [-0.05, 0) is 55.2 Å². The molecule has 1 saturated heterocycles. The first-order chi connectivity index (χ1) is 7.70. The van der Waals surface area contributed by atoms with E-state index in [9.17, 15) is 4.79 Å². The number of piperazine rings is 1. The Bertz CT molecular complexity index is 281. The van der Waals surface area contributed by atoms with Gasteiger partial charge in [-0.25, -0.2) is 4.79 Å². The zero-order valence-electron chi connectivity index (χ0n) is 11.2. The molecular weight excluding hydrogens is 351 g/mol. The molecule has 0 saturated carbocycles. The lowest BCUT2D eigenvalue weighted by atomic mass is 10.2. The smallest absolute Gasteiger partial charge is 0.410 e. The highest BCUT2D eigenvalue weighted by molar-refractivity contribution is 14.2. The number of ether oxygens (including phenoxy) is 1. The molecule has 4 nitrogen and oxygen atoms in total. The van der Waals surface area contributed by atoms with Crippen molar-refractivity contribution in [2.45, 2.75) is 39.3 Å². The molecule has 1 unspecified atom stereocenters. The summed E-state index contributed by atoms with van der Waals surface area (Å²) in [6.45, 7) is 10.5. The molecule has 6 heteroatoms. The summed E-state index contributed by atoms with van der Waals surface area (Å²) in [4.78, 5) is 13.8. The number of carbonyl (C=O) groups excluding carboxylic acids is 1. The van der Waals surface area contributed by atoms with E-state index in [1.54, 1.807) is 0 Å². The summed E-state index contributed by atoms with van der Waals surface area (Å²) in [7, 11) is -0.0859. The number of carbonyl (C=O) groups is 1. The van der Waals surface area contributed by atoms with Crippen LogP contribution in [0.3, 0.4) is 0 Å². The Hall–Kier alpha value is 0.310. The zero-order chi connectivity index (χ0) is 13.2. The van der Waals surface area contributed by atoms with Gasteiger partial charge in [0.15, 0.2) is 0 Å². The van der Waals surface area contributed by atoms with E-state index in [2.05, 4.69) is 38.7 Å². The molecule has 0 spiro atoms. The van der Waals surface area contributed by atoms with Crippen LogP contribution < -0.4 is 0 Å². The van der Waals surface area contributed by atoms with E-state index in [0.717, 1.165) is 19.6 Å². The maximum absolute atomic E-state index is 12.0. The number of hydrogen-bond donors (Lipinski definition) is 1. The summed E-state index contributed by atoms with van der Waals surface area (Å²) in [5, 5.41) is 0. The molecule has 102 valence electrons. The summed E-state index contributed by atoms with van der Waals surface area (Å²) >= 11 is 2.47. The van der Waals surface area contributed by atoms with Gasteiger partial charge in [-0.2, -0.15) is 0 Å². The predicted octanol–water partition coefficient (Wildman–Crippen LogP) is 2.82. The monoisotopic (exact) mass is 374 g/mol. The van der Waals surface area contributed by atoms with Gasteiger partial charge in [-0.15, -0.1) is 8.25 Å². The zero-order valence-corrected chi connectivity index (χ0v) is 14.3. The molecule has 0 radical (unpaired) electrons. The fourth-order valence-corrected chi connectivity index (χ4v) is 3.78. The van der Waals surface area contributed by atoms with E-state index in [0.29, 0.717) is 0 Å². The molecule has 0 N–H and O–H groups in total. The van der Waals surface area contributed by atoms with Gasteiger partial charge in [0.1, 0.15) is 5.60 Å². The highest BCUT2D eigenvalue weighted by atomic mass is 127. The Labute approximate surface area is 119 Å². The van der Waals surface area contributed by atoms with Crippen LogP contribution in [0.15, 0.2) is 0 Å². The van der Waals surface area contributed by atoms with Crippen molar-refractivity contribution in [2.75, 3.05) is 25.9 Å². The molecule has 2 atom stereocenters. The maximum atomic E-state index is 12.0. The first kappa shape index (κ1) is 15.4. The lowest BCUT2D eigenvalue weighted by Gasteiger charge is -2.42. The molecule has 1 fully saturated rings. The van der Waals surface area contributed by atoms with Crippen molar-refractivity contribution in [2.24, 2.45) is 0 Å². The third kappa shape index (κ3) is 4.82. The van der Waals surface area contributed by atoms with Crippen LogP contribution in [0.2, 0.25) is 0 Å². The molecule has 1 heterocycles. The minimum Gasteiger partial charge on any atom is -0.444 e. The molecule has 0 aromatic carbocycles. The van der Waals surface area contributed by atoms with Crippen LogP contribution >= 0.6 is 29.5 Å². The highest BCUT2D eigenvalue weighted by Crippen LogP contribution is 2.36. The van der Waals surface area contributed by atoms with Gasteiger partial charge in [-0.1, -0.05) is 0 Å². The summed E-state index contributed by atoms with van der Waals surface area (Å²) in [6.07, 6.45) is 2.06. The average Bonchev–Trinajstić information content (AvgIpc) is 2.14. The fourth-order valence-electron chi connectivity index (χ4n) is 1.78. The topological polar surface area (TPSA) is 32.8 Å². The number of halogens is 1. The summed E-state index contributed by atoms with van der Waals surface area (Å²) in [5.41, 5.74) is -0.408. The average molecular weight is 374 g/mol. The number of hydrogen-bond acceptors (Lipinski definition) is 3. The van der Waals surface area contributed by atoms with E-state index in [4.69, 9.17) is 4.74 Å². The number of nitrogens with zero attached hydrogens (tertiary/aromatic N) is 2. The van der Waals surface area contributed by atoms with Gasteiger partial charge in [0.2, 0.25) is 0 Å². The summed E-state index contributed by atoms with van der Waals surface area (Å²) < 4.78 is 7.86. The first-order valence-corrected chi connectivity index (χ1v) is 10.4. The first-order valence-electron chi connectivity index (χ1n) is 5.84. The van der Waals surface area contributed by atoms with Crippen LogP contribution in [-0.2, 0) is 4.74 Å². The molecule has 1 amide bonds. The standard InChI is InChI=1S/C11H23IN2O2S/c1-9-8-13(17(5)12)6-7-14(9)10(15)16-11(2,3)4/h9,17H,6-8H2,1-5H3/t9-/m0/s1. The fraction of sp³-hybridized carbons (Fsp3) is 0.909. The van der Waals surface area contributed by atoms with Crippen molar-refractivity contribution in [1.82, 2.24) is 9.21 Å². The van der Waals surface area contributed by atoms with Gasteiger partial charge in [0.05, 0.1) is 0 Å². The van der Waals surface area contributed by atoms with Crippen molar-refractivity contribution in [1.29, 1.82) is 0 Å². The van der Waals surface area contributed by atoms with Crippen molar-refractivity contribution < 1.29 is 9.53 Å². The predicted molar refractivity (Wildman–Crippen MR) is 82.9 cm³/mol. The lowest BCUT2D eigenvalue weighted by Crippen LogP contribution is -2.53. The van der Waals surface area contributed by atoms with Crippen LogP contribution in [0.5, 0.6) is 0 Å². The third-order valence-electron chi connectivity index (χ3n) is 2.62. The minimum absolute atomic E-state index is 0.0859. The minimum atomic E-state index is -0.408. The Morgan fingerprint density at radius 3 is 2.41 bits per heavy atom. The van der Waals surface area contributed by atoms with Crippen molar-refractivity contribution in [3.8, 4) is 0 Å². The van der Waals surface area contributed by atoms with Crippen LogP contribution in [0.25, 0.3) is 0 Å². The Morgan fingerprint density at radius 1 is 1.41 bits per heavy atom. The molecule has 0 aromatic rings. The largest absolute Gasteiger partial charge is 0.444 e. The van der Waals surface area contributed by atoms with Crippen LogP contribution in [0.1, 0.15) is 27.7 Å². The van der Waals surface area contributed by atoms with E-state index >= 15 is 0 Å². The van der Waals surface area contributed by atoms with Gasteiger partial charge < -0.3 is 9.64 Å². The SMILES string of the molecule is C[C@H]1CN([SH](C)I)CCN1C(=O)OC(C)(C)C. The summed E-state index contributed by atoms with van der Waals surface area (Å²) in [6, 6.07) is 0.235. The Kier molecular flexibility index (Phi) is 5.39. The van der Waals surface area contributed by atoms with Gasteiger partial charge in [0, 0.05) is 25.7 Å². The Balaban J connectivity index is 2.55. The van der Waals surface area contributed by atoms with E-state index in [-0.39, 0.29) is 20.4 Å². The number of rotatable bonds is 1. The van der Waals surface area contributed by atoms with E-state index in [1.165, 1.54) is 0 Å².